The molecule has 4 N–H and O–H groups in total. The number of carbonyl (C=O) groups excluding carboxylic acids is 3. The molecule has 1 aliphatic rings. The molecule has 1 unspecified atom stereocenters. The molecular weight excluding hydrogens is 478 g/mol. The lowest BCUT2D eigenvalue weighted by molar-refractivity contribution is -0.128. The maximum absolute atomic E-state index is 13.9. The van der Waals surface area contributed by atoms with Gasteiger partial charge in [0.25, 0.3) is 5.91 Å². The highest BCUT2D eigenvalue weighted by atomic mass is 16.2. The Morgan fingerprint density at radius 2 is 1.76 bits per heavy atom. The third-order valence-electron chi connectivity index (χ3n) is 7.59. The standard InChI is InChI=1S/C30H37N5O3/c1-5-20-12-14-22(15-13-20)30(6-2,25(36)16-17-26(31)37)34-28(38)23-19-32-35-27(23)33-24(18-29(35,3)4)21-10-8-7-9-11-21/h7-15,19,24,33H,5-6,16-18H2,1-4H3,(H2,31,37)(H,34,38)/t24-,30?/m1/s1. The number of anilines is 1. The third kappa shape index (κ3) is 5.21. The Hall–Kier alpha value is -3.94. The van der Waals surface area contributed by atoms with Gasteiger partial charge in [-0.3, -0.25) is 14.4 Å². The van der Waals surface area contributed by atoms with Crippen LogP contribution in [0.4, 0.5) is 5.82 Å². The van der Waals surface area contributed by atoms with Crippen molar-refractivity contribution in [1.82, 2.24) is 15.1 Å². The smallest absolute Gasteiger partial charge is 0.257 e. The second-order valence-corrected chi connectivity index (χ2v) is 10.6. The molecule has 0 aliphatic carbocycles. The average molecular weight is 516 g/mol. The number of fused-ring (bicyclic) bond motifs is 1. The summed E-state index contributed by atoms with van der Waals surface area (Å²) in [5, 5.41) is 11.1. The number of hydrogen-bond acceptors (Lipinski definition) is 5. The van der Waals surface area contributed by atoms with E-state index in [4.69, 9.17) is 5.73 Å². The zero-order chi connectivity index (χ0) is 27.5. The molecule has 2 atom stereocenters. The van der Waals surface area contributed by atoms with Gasteiger partial charge in [-0.25, -0.2) is 4.68 Å². The number of benzene rings is 2. The number of Topliss-reactive ketones (excluding diaryl/α,β-unsaturated/α-hetero) is 1. The van der Waals surface area contributed by atoms with Gasteiger partial charge in [-0.15, -0.1) is 0 Å². The molecule has 8 heteroatoms. The van der Waals surface area contributed by atoms with Crippen molar-refractivity contribution in [2.24, 2.45) is 5.73 Å². The van der Waals surface area contributed by atoms with E-state index in [0.29, 0.717) is 23.4 Å². The van der Waals surface area contributed by atoms with Gasteiger partial charge in [0.1, 0.15) is 16.9 Å². The fourth-order valence-electron chi connectivity index (χ4n) is 5.33. The Morgan fingerprint density at radius 3 is 2.37 bits per heavy atom. The summed E-state index contributed by atoms with van der Waals surface area (Å²) in [6, 6.07) is 17.8. The van der Waals surface area contributed by atoms with Crippen LogP contribution in [-0.2, 0) is 27.1 Å². The van der Waals surface area contributed by atoms with Crippen molar-refractivity contribution >= 4 is 23.4 Å². The van der Waals surface area contributed by atoms with E-state index < -0.39 is 17.4 Å². The summed E-state index contributed by atoms with van der Waals surface area (Å²) in [7, 11) is 0. The van der Waals surface area contributed by atoms with Gasteiger partial charge in [0.2, 0.25) is 5.91 Å². The SMILES string of the molecule is CCc1ccc(C(CC)(NC(=O)c2cnn3c2N[C@@H](c2ccccc2)CC3(C)C)C(=O)CCC(N)=O)cc1. The van der Waals surface area contributed by atoms with Crippen LogP contribution < -0.4 is 16.4 Å². The Balaban J connectivity index is 1.71. The topological polar surface area (TPSA) is 119 Å². The zero-order valence-electron chi connectivity index (χ0n) is 22.6. The van der Waals surface area contributed by atoms with Crippen LogP contribution in [0.5, 0.6) is 0 Å². The highest BCUT2D eigenvalue weighted by molar-refractivity contribution is 6.03. The molecule has 2 heterocycles. The number of ketones is 1. The van der Waals surface area contributed by atoms with Crippen LogP contribution in [0.15, 0.2) is 60.8 Å². The van der Waals surface area contributed by atoms with Gasteiger partial charge in [0, 0.05) is 12.8 Å². The van der Waals surface area contributed by atoms with E-state index in [9.17, 15) is 14.4 Å². The molecule has 0 saturated heterocycles. The lowest BCUT2D eigenvalue weighted by Crippen LogP contribution is -2.52. The number of nitrogens with one attached hydrogen (secondary N) is 2. The molecular formula is C30H37N5O3. The summed E-state index contributed by atoms with van der Waals surface area (Å²) >= 11 is 0. The second-order valence-electron chi connectivity index (χ2n) is 10.6. The molecule has 1 aromatic heterocycles. The minimum Gasteiger partial charge on any atom is -0.370 e. The van der Waals surface area contributed by atoms with Gasteiger partial charge in [0.05, 0.1) is 17.8 Å². The van der Waals surface area contributed by atoms with E-state index in [1.165, 1.54) is 0 Å². The van der Waals surface area contributed by atoms with Crippen molar-refractivity contribution < 1.29 is 14.4 Å². The quantitative estimate of drug-likeness (QED) is 0.364. The molecule has 1 aliphatic heterocycles. The van der Waals surface area contributed by atoms with Crippen LogP contribution in [-0.4, -0.2) is 27.4 Å². The van der Waals surface area contributed by atoms with Crippen LogP contribution in [0.3, 0.4) is 0 Å². The summed E-state index contributed by atoms with van der Waals surface area (Å²) in [5.41, 5.74) is 6.99. The normalized spacial score (nSPS) is 17.5. The maximum Gasteiger partial charge on any atom is 0.257 e. The number of carbonyl (C=O) groups is 3. The van der Waals surface area contributed by atoms with E-state index in [1.807, 2.05) is 54.1 Å². The van der Waals surface area contributed by atoms with Crippen molar-refractivity contribution in [1.29, 1.82) is 0 Å². The molecule has 38 heavy (non-hydrogen) atoms. The summed E-state index contributed by atoms with van der Waals surface area (Å²) in [4.78, 5) is 39.0. The molecule has 8 nitrogen and oxygen atoms in total. The monoisotopic (exact) mass is 515 g/mol. The van der Waals surface area contributed by atoms with Gasteiger partial charge < -0.3 is 16.4 Å². The average Bonchev–Trinajstić information content (AvgIpc) is 3.36. The minimum absolute atomic E-state index is 0.00308. The maximum atomic E-state index is 13.9. The van der Waals surface area contributed by atoms with Crippen molar-refractivity contribution in [2.75, 3.05) is 5.32 Å². The summed E-state index contributed by atoms with van der Waals surface area (Å²) < 4.78 is 1.85. The molecule has 0 spiro atoms. The Labute approximate surface area is 224 Å². The zero-order valence-corrected chi connectivity index (χ0v) is 22.6. The Morgan fingerprint density at radius 1 is 1.08 bits per heavy atom. The Bertz CT molecular complexity index is 1310. The predicted molar refractivity (Wildman–Crippen MR) is 148 cm³/mol. The first-order valence-corrected chi connectivity index (χ1v) is 13.2. The highest BCUT2D eigenvalue weighted by Gasteiger charge is 2.42. The van der Waals surface area contributed by atoms with E-state index >= 15 is 0 Å². The van der Waals surface area contributed by atoms with Crippen LogP contribution in [0.25, 0.3) is 0 Å². The number of primary amides is 1. The third-order valence-corrected chi connectivity index (χ3v) is 7.59. The minimum atomic E-state index is -1.31. The molecule has 200 valence electrons. The summed E-state index contributed by atoms with van der Waals surface area (Å²) in [5.74, 6) is -0.603. The van der Waals surface area contributed by atoms with Crippen LogP contribution in [0.2, 0.25) is 0 Å². The van der Waals surface area contributed by atoms with Crippen molar-refractivity contribution in [3.63, 3.8) is 0 Å². The number of aryl methyl sites for hydroxylation is 1. The van der Waals surface area contributed by atoms with Gasteiger partial charge in [-0.2, -0.15) is 5.10 Å². The van der Waals surface area contributed by atoms with E-state index in [0.717, 1.165) is 24.0 Å². The van der Waals surface area contributed by atoms with Crippen LogP contribution >= 0.6 is 0 Å². The van der Waals surface area contributed by atoms with Gasteiger partial charge in [-0.05, 0) is 49.8 Å². The number of amides is 2. The number of nitrogens with zero attached hydrogens (tertiary/aromatic N) is 2. The summed E-state index contributed by atoms with van der Waals surface area (Å²) in [6.07, 6.45) is 3.38. The first-order chi connectivity index (χ1) is 18.1. The predicted octanol–water partition coefficient (Wildman–Crippen LogP) is 4.61. The van der Waals surface area contributed by atoms with Gasteiger partial charge in [0.15, 0.2) is 5.78 Å². The van der Waals surface area contributed by atoms with E-state index in [2.05, 4.69) is 48.6 Å². The van der Waals surface area contributed by atoms with E-state index in [-0.39, 0.29) is 30.2 Å². The van der Waals surface area contributed by atoms with Crippen LogP contribution in [0.1, 0.15) is 86.5 Å². The first-order valence-electron chi connectivity index (χ1n) is 13.2. The molecule has 0 fully saturated rings. The van der Waals surface area contributed by atoms with Crippen molar-refractivity contribution in [2.45, 2.75) is 76.9 Å². The number of rotatable bonds is 10. The fourth-order valence-corrected chi connectivity index (χ4v) is 5.33. The van der Waals surface area contributed by atoms with Crippen molar-refractivity contribution in [3.8, 4) is 0 Å². The number of aromatic nitrogens is 2. The van der Waals surface area contributed by atoms with Crippen molar-refractivity contribution in [3.05, 3.63) is 83.0 Å². The lowest BCUT2D eigenvalue weighted by Gasteiger charge is -2.38. The molecule has 2 amide bonds. The molecule has 3 aromatic rings. The van der Waals surface area contributed by atoms with E-state index in [1.54, 1.807) is 6.20 Å². The molecule has 0 bridgehead atoms. The molecule has 0 radical (unpaired) electrons. The number of hydrogen-bond donors (Lipinski definition) is 3. The summed E-state index contributed by atoms with van der Waals surface area (Å²) in [6.45, 7) is 8.11. The molecule has 2 aromatic carbocycles. The lowest BCUT2D eigenvalue weighted by atomic mass is 9.80. The highest BCUT2D eigenvalue weighted by Crippen LogP contribution is 2.40. The van der Waals surface area contributed by atoms with Gasteiger partial charge >= 0.3 is 0 Å². The second kappa shape index (κ2) is 10.8. The fraction of sp³-hybridized carbons (Fsp3) is 0.400. The molecule has 4 rings (SSSR count). The molecule has 0 saturated carbocycles. The van der Waals surface area contributed by atoms with Gasteiger partial charge in [-0.1, -0.05) is 68.4 Å². The largest absolute Gasteiger partial charge is 0.370 e. The first kappa shape index (κ1) is 27.1. The Kier molecular flexibility index (Phi) is 7.71. The van der Waals surface area contributed by atoms with Crippen LogP contribution in [0, 0.1) is 0 Å². The number of nitrogens with two attached hydrogens (primary N) is 1.